The van der Waals surface area contributed by atoms with E-state index < -0.39 is 0 Å². The van der Waals surface area contributed by atoms with Crippen LogP contribution in [0.2, 0.25) is 0 Å². The highest BCUT2D eigenvalue weighted by Crippen LogP contribution is 2.35. The van der Waals surface area contributed by atoms with Gasteiger partial charge in [0.25, 0.3) is 0 Å². The Morgan fingerprint density at radius 1 is 1.00 bits per heavy atom. The monoisotopic (exact) mass is 306 g/mol. The van der Waals surface area contributed by atoms with Crippen molar-refractivity contribution in [1.29, 1.82) is 0 Å². The molecular weight excluding hydrogens is 284 g/mol. The number of hydrogen-bond acceptors (Lipinski definition) is 2. The third-order valence-electron chi connectivity index (χ3n) is 3.98. The Hall–Kier alpha value is -2.55. The van der Waals surface area contributed by atoms with Crippen molar-refractivity contribution in [2.24, 2.45) is 5.92 Å². The molecule has 0 saturated carbocycles. The van der Waals surface area contributed by atoms with E-state index in [1.807, 2.05) is 47.1 Å². The van der Waals surface area contributed by atoms with Crippen LogP contribution in [0.1, 0.15) is 25.0 Å². The van der Waals surface area contributed by atoms with Crippen LogP contribution in [-0.2, 0) is 6.42 Å². The second-order valence-corrected chi connectivity index (χ2v) is 6.31. The Morgan fingerprint density at radius 2 is 1.65 bits per heavy atom. The maximum atomic E-state index is 10.4. The normalized spacial score (nSPS) is 11.1. The second kappa shape index (κ2) is 6.29. The summed E-state index contributed by atoms with van der Waals surface area (Å²) in [7, 11) is 0. The van der Waals surface area contributed by atoms with Gasteiger partial charge in [-0.25, -0.2) is 4.68 Å². The Morgan fingerprint density at radius 3 is 2.30 bits per heavy atom. The van der Waals surface area contributed by atoms with E-state index in [4.69, 9.17) is 0 Å². The molecule has 0 atom stereocenters. The molecule has 118 valence electrons. The van der Waals surface area contributed by atoms with Crippen molar-refractivity contribution in [2.75, 3.05) is 0 Å². The van der Waals surface area contributed by atoms with Gasteiger partial charge in [-0.15, -0.1) is 5.10 Å². The quantitative estimate of drug-likeness (QED) is 0.755. The van der Waals surface area contributed by atoms with Crippen molar-refractivity contribution >= 4 is 0 Å². The first kappa shape index (κ1) is 15.3. The summed E-state index contributed by atoms with van der Waals surface area (Å²) in [5.74, 6) is 0.567. The summed E-state index contributed by atoms with van der Waals surface area (Å²) in [6, 6.07) is 18.2. The number of para-hydroxylation sites is 1. The minimum absolute atomic E-state index is 0.126. The summed E-state index contributed by atoms with van der Waals surface area (Å²) in [6.45, 7) is 6.40. The molecule has 0 aliphatic carbocycles. The second-order valence-electron chi connectivity index (χ2n) is 6.31. The average molecular weight is 306 g/mol. The molecule has 0 fully saturated rings. The van der Waals surface area contributed by atoms with E-state index in [1.54, 1.807) is 0 Å². The van der Waals surface area contributed by atoms with Crippen molar-refractivity contribution in [1.82, 2.24) is 9.78 Å². The molecule has 1 heterocycles. The zero-order valence-corrected chi connectivity index (χ0v) is 13.8. The molecule has 3 nitrogen and oxygen atoms in total. The van der Waals surface area contributed by atoms with E-state index in [0.29, 0.717) is 5.92 Å². The molecule has 0 aliphatic heterocycles. The molecule has 3 rings (SSSR count). The smallest absolute Gasteiger partial charge is 0.234 e. The van der Waals surface area contributed by atoms with Gasteiger partial charge in [-0.05, 0) is 37.0 Å². The van der Waals surface area contributed by atoms with E-state index in [9.17, 15) is 5.11 Å². The summed E-state index contributed by atoms with van der Waals surface area (Å²) in [5.41, 5.74) is 5.14. The Labute approximate surface area is 137 Å². The molecular formula is C20H22N2O. The molecule has 2 aromatic carbocycles. The lowest BCUT2D eigenvalue weighted by atomic mass is 9.97. The van der Waals surface area contributed by atoms with Crippen molar-refractivity contribution in [3.05, 3.63) is 65.7 Å². The fourth-order valence-corrected chi connectivity index (χ4v) is 2.91. The first-order valence-corrected chi connectivity index (χ1v) is 8.00. The van der Waals surface area contributed by atoms with Crippen LogP contribution in [0.15, 0.2) is 54.6 Å². The van der Waals surface area contributed by atoms with Crippen LogP contribution < -0.4 is 0 Å². The number of benzene rings is 2. The highest BCUT2D eigenvalue weighted by atomic mass is 16.3. The van der Waals surface area contributed by atoms with Crippen LogP contribution in [-0.4, -0.2) is 14.9 Å². The van der Waals surface area contributed by atoms with Crippen LogP contribution in [0.5, 0.6) is 5.88 Å². The maximum absolute atomic E-state index is 10.4. The van der Waals surface area contributed by atoms with Crippen LogP contribution in [0.4, 0.5) is 0 Å². The molecule has 0 bridgehead atoms. The van der Waals surface area contributed by atoms with Gasteiger partial charge in [0, 0.05) is 11.1 Å². The van der Waals surface area contributed by atoms with Crippen LogP contribution in [0, 0.1) is 12.8 Å². The predicted octanol–water partition coefficient (Wildman–Crippen LogP) is 4.75. The Kier molecular flexibility index (Phi) is 4.20. The number of aromatic nitrogens is 2. The third kappa shape index (κ3) is 3.00. The molecule has 0 aliphatic rings. The van der Waals surface area contributed by atoms with Gasteiger partial charge in [0.05, 0.1) is 11.4 Å². The van der Waals surface area contributed by atoms with Crippen LogP contribution >= 0.6 is 0 Å². The number of nitrogens with zero attached hydrogens (tertiary/aromatic N) is 2. The fraction of sp³-hybridized carbons (Fsp3) is 0.250. The molecule has 3 aromatic rings. The summed E-state index contributed by atoms with van der Waals surface area (Å²) in [5, 5.41) is 14.9. The molecule has 1 aromatic heterocycles. The average Bonchev–Trinajstić information content (AvgIpc) is 2.85. The number of aryl methyl sites for hydroxylation is 1. The number of hydrogen-bond donors (Lipinski definition) is 1. The summed E-state index contributed by atoms with van der Waals surface area (Å²) < 4.78 is 1.86. The predicted molar refractivity (Wildman–Crippen MR) is 93.9 cm³/mol. The Bertz CT molecular complexity index is 804. The van der Waals surface area contributed by atoms with Gasteiger partial charge in [0.1, 0.15) is 0 Å². The first-order chi connectivity index (χ1) is 11.1. The van der Waals surface area contributed by atoms with Crippen molar-refractivity contribution in [3.63, 3.8) is 0 Å². The molecule has 0 amide bonds. The molecule has 0 radical (unpaired) electrons. The fourth-order valence-electron chi connectivity index (χ4n) is 2.91. The van der Waals surface area contributed by atoms with E-state index in [1.165, 1.54) is 5.56 Å². The molecule has 0 spiro atoms. The lowest BCUT2D eigenvalue weighted by molar-refractivity contribution is 0.438. The third-order valence-corrected chi connectivity index (χ3v) is 3.98. The highest BCUT2D eigenvalue weighted by Gasteiger charge is 2.21. The first-order valence-electron chi connectivity index (χ1n) is 8.00. The molecule has 1 N–H and O–H groups in total. The Balaban J connectivity index is 2.27. The zero-order valence-electron chi connectivity index (χ0n) is 13.8. The van der Waals surface area contributed by atoms with Gasteiger partial charge in [-0.2, -0.15) is 0 Å². The number of aromatic hydroxyl groups is 1. The topological polar surface area (TPSA) is 38.1 Å². The number of rotatable bonds is 4. The van der Waals surface area contributed by atoms with Crippen molar-refractivity contribution < 1.29 is 5.11 Å². The van der Waals surface area contributed by atoms with Crippen LogP contribution in [0.25, 0.3) is 16.9 Å². The van der Waals surface area contributed by atoms with E-state index in [2.05, 4.69) is 38.0 Å². The van der Waals surface area contributed by atoms with Gasteiger partial charge in [0.15, 0.2) is 0 Å². The van der Waals surface area contributed by atoms with E-state index >= 15 is 0 Å². The maximum Gasteiger partial charge on any atom is 0.234 e. The van der Waals surface area contributed by atoms with Crippen LogP contribution in [0.3, 0.4) is 0 Å². The summed E-state index contributed by atoms with van der Waals surface area (Å²) in [4.78, 5) is 0. The standard InChI is InChI=1S/C20H22N2O/c1-14(2)13-18-19(17-12-8-7-9-15(17)3)22(21-20(18)23)16-10-5-4-6-11-16/h4-12,14H,13H2,1-3H3,(H,21,23). The summed E-state index contributed by atoms with van der Waals surface area (Å²) in [6.07, 6.45) is 0.794. The molecule has 0 unspecified atom stereocenters. The lowest BCUT2D eigenvalue weighted by Crippen LogP contribution is -2.02. The van der Waals surface area contributed by atoms with Gasteiger partial charge in [0.2, 0.25) is 5.88 Å². The van der Waals surface area contributed by atoms with Crippen molar-refractivity contribution in [2.45, 2.75) is 27.2 Å². The van der Waals surface area contributed by atoms with Crippen molar-refractivity contribution in [3.8, 4) is 22.8 Å². The van der Waals surface area contributed by atoms with Gasteiger partial charge >= 0.3 is 0 Å². The van der Waals surface area contributed by atoms with E-state index in [-0.39, 0.29) is 5.88 Å². The molecule has 0 saturated heterocycles. The largest absolute Gasteiger partial charge is 0.492 e. The zero-order chi connectivity index (χ0) is 16.4. The van der Waals surface area contributed by atoms with Gasteiger partial charge in [-0.1, -0.05) is 56.3 Å². The lowest BCUT2D eigenvalue weighted by Gasteiger charge is -2.13. The highest BCUT2D eigenvalue weighted by molar-refractivity contribution is 5.71. The minimum atomic E-state index is 0.126. The molecule has 23 heavy (non-hydrogen) atoms. The van der Waals surface area contributed by atoms with E-state index in [0.717, 1.165) is 28.9 Å². The summed E-state index contributed by atoms with van der Waals surface area (Å²) >= 11 is 0. The van der Waals surface area contributed by atoms with Gasteiger partial charge in [-0.3, -0.25) is 0 Å². The molecule has 3 heteroatoms. The SMILES string of the molecule is Cc1ccccc1-c1c(CC(C)C)c(O)nn1-c1ccccc1. The van der Waals surface area contributed by atoms with Gasteiger partial charge < -0.3 is 5.11 Å². The minimum Gasteiger partial charge on any atom is -0.492 e.